The molecule has 2 rings (SSSR count). The van der Waals surface area contributed by atoms with Gasteiger partial charge in [0.1, 0.15) is 6.04 Å². The van der Waals surface area contributed by atoms with E-state index in [4.69, 9.17) is 5.11 Å². The molecule has 2 atom stereocenters. The first kappa shape index (κ1) is 12.8. The second-order valence-corrected chi connectivity index (χ2v) is 4.75. The van der Waals surface area contributed by atoms with Crippen molar-refractivity contribution in [1.29, 1.82) is 0 Å². The van der Waals surface area contributed by atoms with Gasteiger partial charge in [0.2, 0.25) is 0 Å². The molecular weight excluding hydrogens is 258 g/mol. The number of likely N-dealkylation sites (tertiary alicyclic amines) is 1. The Morgan fingerprint density at radius 3 is 3.00 bits per heavy atom. The van der Waals surface area contributed by atoms with Crippen molar-refractivity contribution in [3.63, 3.8) is 0 Å². The number of rotatable bonds is 3. The van der Waals surface area contributed by atoms with E-state index >= 15 is 0 Å². The summed E-state index contributed by atoms with van der Waals surface area (Å²) in [4.78, 5) is 27.9. The summed E-state index contributed by atoms with van der Waals surface area (Å²) in [6.45, 7) is 0.293. The zero-order valence-corrected chi connectivity index (χ0v) is 10.3. The predicted molar refractivity (Wildman–Crippen MR) is 63.1 cm³/mol. The highest BCUT2D eigenvalue weighted by molar-refractivity contribution is 7.07. The molecule has 0 spiro atoms. The van der Waals surface area contributed by atoms with Crippen molar-refractivity contribution in [3.05, 3.63) is 16.6 Å². The van der Waals surface area contributed by atoms with E-state index in [1.807, 2.05) is 0 Å². The van der Waals surface area contributed by atoms with E-state index in [0.29, 0.717) is 0 Å². The van der Waals surface area contributed by atoms with Crippen molar-refractivity contribution in [2.45, 2.75) is 25.1 Å². The van der Waals surface area contributed by atoms with Crippen LogP contribution in [-0.4, -0.2) is 50.8 Å². The predicted octanol–water partition coefficient (Wildman–Crippen LogP) is -0.127. The molecule has 2 amide bonds. The molecule has 7 nitrogen and oxygen atoms in total. The summed E-state index contributed by atoms with van der Waals surface area (Å²) in [5.74, 6) is -1.10. The molecule has 1 aromatic rings. The van der Waals surface area contributed by atoms with Gasteiger partial charge in [0, 0.05) is 18.3 Å². The van der Waals surface area contributed by atoms with Crippen LogP contribution in [0.1, 0.15) is 12.1 Å². The standard InChI is InChI=1S/C10H13N3O4S/c14-7-1-8(9(15)16)13(3-7)10(17)11-2-6-4-18-5-12-6/h4-5,7-8,14H,1-3H2,(H,11,17)(H,15,16)/t7?,8-/m0/s1. The number of nitrogens with zero attached hydrogens (tertiary/aromatic N) is 2. The number of hydrogen-bond donors (Lipinski definition) is 3. The van der Waals surface area contributed by atoms with Gasteiger partial charge in [-0.1, -0.05) is 0 Å². The third kappa shape index (κ3) is 2.77. The molecule has 8 heteroatoms. The first-order chi connectivity index (χ1) is 8.58. The highest BCUT2D eigenvalue weighted by Gasteiger charge is 2.38. The SMILES string of the molecule is O=C(O)[C@@H]1CC(O)CN1C(=O)NCc1cscn1. The molecule has 1 aliphatic rings. The Balaban J connectivity index is 1.93. The van der Waals surface area contributed by atoms with Crippen LogP contribution in [-0.2, 0) is 11.3 Å². The van der Waals surface area contributed by atoms with Gasteiger partial charge in [-0.25, -0.2) is 14.6 Å². The molecule has 0 saturated carbocycles. The van der Waals surface area contributed by atoms with Crippen LogP contribution in [0.5, 0.6) is 0 Å². The molecule has 98 valence electrons. The summed E-state index contributed by atoms with van der Waals surface area (Å²) in [7, 11) is 0. The topological polar surface area (TPSA) is 103 Å². The maximum absolute atomic E-state index is 11.8. The number of β-amino-alcohol motifs (C(OH)–C–C–N with tert-alkyl or cyclic N) is 1. The second kappa shape index (κ2) is 5.32. The number of aliphatic hydroxyl groups excluding tert-OH is 1. The monoisotopic (exact) mass is 271 g/mol. The number of aliphatic carboxylic acids is 1. The first-order valence-corrected chi connectivity index (χ1v) is 6.34. The Bertz CT molecular complexity index is 436. The van der Waals surface area contributed by atoms with Gasteiger partial charge in [-0.2, -0.15) is 0 Å². The number of carboxylic acids is 1. The lowest BCUT2D eigenvalue weighted by molar-refractivity contribution is -0.141. The molecule has 0 aliphatic carbocycles. The fourth-order valence-corrected chi connectivity index (χ4v) is 2.42. The lowest BCUT2D eigenvalue weighted by Crippen LogP contribution is -2.45. The Morgan fingerprint density at radius 2 is 2.39 bits per heavy atom. The molecule has 0 bridgehead atoms. The Morgan fingerprint density at radius 1 is 1.61 bits per heavy atom. The smallest absolute Gasteiger partial charge is 0.326 e. The van der Waals surface area contributed by atoms with Crippen LogP contribution in [0, 0.1) is 0 Å². The van der Waals surface area contributed by atoms with Crippen LogP contribution in [0.4, 0.5) is 4.79 Å². The lowest BCUT2D eigenvalue weighted by Gasteiger charge is -2.21. The van der Waals surface area contributed by atoms with Crippen molar-refractivity contribution < 1.29 is 19.8 Å². The average molecular weight is 271 g/mol. The number of carbonyl (C=O) groups is 2. The van der Waals surface area contributed by atoms with E-state index in [-0.39, 0.29) is 19.5 Å². The largest absolute Gasteiger partial charge is 0.480 e. The summed E-state index contributed by atoms with van der Waals surface area (Å²) in [5.41, 5.74) is 2.38. The summed E-state index contributed by atoms with van der Waals surface area (Å²) in [5, 5.41) is 22.8. The van der Waals surface area contributed by atoms with Crippen LogP contribution in [0.3, 0.4) is 0 Å². The number of aliphatic hydroxyl groups is 1. The molecular formula is C10H13N3O4S. The Kier molecular flexibility index (Phi) is 3.78. The zero-order chi connectivity index (χ0) is 13.1. The number of carbonyl (C=O) groups excluding carboxylic acids is 1. The fourth-order valence-electron chi connectivity index (χ4n) is 1.86. The highest BCUT2D eigenvalue weighted by atomic mass is 32.1. The van der Waals surface area contributed by atoms with E-state index in [0.717, 1.165) is 10.6 Å². The third-order valence-electron chi connectivity index (χ3n) is 2.73. The molecule has 1 aromatic heterocycles. The molecule has 18 heavy (non-hydrogen) atoms. The quantitative estimate of drug-likeness (QED) is 0.710. The van der Waals surface area contributed by atoms with Crippen LogP contribution in [0.2, 0.25) is 0 Å². The minimum atomic E-state index is -1.10. The van der Waals surface area contributed by atoms with Crippen molar-refractivity contribution in [2.24, 2.45) is 0 Å². The van der Waals surface area contributed by atoms with Gasteiger partial charge in [0.15, 0.2) is 0 Å². The summed E-state index contributed by atoms with van der Waals surface area (Å²) >= 11 is 1.42. The maximum atomic E-state index is 11.8. The van der Waals surface area contributed by atoms with Gasteiger partial charge in [-0.05, 0) is 0 Å². The normalized spacial score (nSPS) is 23.1. The number of aromatic nitrogens is 1. The molecule has 0 aromatic carbocycles. The number of nitrogens with one attached hydrogen (secondary N) is 1. The Hall–Kier alpha value is -1.67. The summed E-state index contributed by atoms with van der Waals surface area (Å²) in [6, 6.07) is -1.46. The van der Waals surface area contributed by atoms with Crippen molar-refractivity contribution in [2.75, 3.05) is 6.54 Å². The minimum Gasteiger partial charge on any atom is -0.480 e. The Labute approximate surface area is 107 Å². The van der Waals surface area contributed by atoms with Crippen molar-refractivity contribution in [3.8, 4) is 0 Å². The second-order valence-electron chi connectivity index (χ2n) is 4.03. The van der Waals surface area contributed by atoms with Gasteiger partial charge in [0.25, 0.3) is 0 Å². The fraction of sp³-hybridized carbons (Fsp3) is 0.500. The minimum absolute atomic E-state index is 0.0415. The number of urea groups is 1. The number of carboxylic acid groups (broad SMARTS) is 1. The van der Waals surface area contributed by atoms with Crippen LogP contribution in [0.25, 0.3) is 0 Å². The van der Waals surface area contributed by atoms with E-state index in [2.05, 4.69) is 10.3 Å². The highest BCUT2D eigenvalue weighted by Crippen LogP contribution is 2.18. The van der Waals surface area contributed by atoms with Crippen molar-refractivity contribution in [1.82, 2.24) is 15.2 Å². The van der Waals surface area contributed by atoms with Gasteiger partial charge in [0.05, 0.1) is 23.9 Å². The molecule has 0 radical (unpaired) electrons. The van der Waals surface area contributed by atoms with E-state index in [1.54, 1.807) is 10.9 Å². The van der Waals surface area contributed by atoms with Gasteiger partial charge in [-0.3, -0.25) is 0 Å². The van der Waals surface area contributed by atoms with Crippen LogP contribution >= 0.6 is 11.3 Å². The van der Waals surface area contributed by atoms with Gasteiger partial charge in [-0.15, -0.1) is 11.3 Å². The van der Waals surface area contributed by atoms with Crippen LogP contribution in [0.15, 0.2) is 10.9 Å². The van der Waals surface area contributed by atoms with Crippen molar-refractivity contribution >= 4 is 23.3 Å². The van der Waals surface area contributed by atoms with E-state index in [9.17, 15) is 14.7 Å². The third-order valence-corrected chi connectivity index (χ3v) is 3.36. The molecule has 3 N–H and O–H groups in total. The summed E-state index contributed by atoms with van der Waals surface area (Å²) < 4.78 is 0. The molecule has 1 saturated heterocycles. The van der Waals surface area contributed by atoms with E-state index in [1.165, 1.54) is 11.3 Å². The zero-order valence-electron chi connectivity index (χ0n) is 9.44. The first-order valence-electron chi connectivity index (χ1n) is 5.40. The molecule has 1 aliphatic heterocycles. The number of thiazole rings is 1. The maximum Gasteiger partial charge on any atom is 0.326 e. The lowest BCUT2D eigenvalue weighted by atomic mass is 10.2. The average Bonchev–Trinajstić information content (AvgIpc) is 2.94. The summed E-state index contributed by atoms with van der Waals surface area (Å²) in [6.07, 6.45) is -0.712. The van der Waals surface area contributed by atoms with Gasteiger partial charge < -0.3 is 20.4 Å². The number of hydrogen-bond acceptors (Lipinski definition) is 5. The van der Waals surface area contributed by atoms with Crippen LogP contribution < -0.4 is 5.32 Å². The van der Waals surface area contributed by atoms with E-state index < -0.39 is 24.1 Å². The molecule has 1 unspecified atom stereocenters. The number of amides is 2. The molecule has 2 heterocycles. The molecule has 1 fully saturated rings. The van der Waals surface area contributed by atoms with Gasteiger partial charge >= 0.3 is 12.0 Å².